The summed E-state index contributed by atoms with van der Waals surface area (Å²) >= 11 is 1.47. The van der Waals surface area contributed by atoms with Crippen molar-refractivity contribution in [1.29, 1.82) is 0 Å². The molecule has 0 radical (unpaired) electrons. The maximum absolute atomic E-state index is 11.5. The summed E-state index contributed by atoms with van der Waals surface area (Å²) in [7, 11) is 0. The molecule has 0 aliphatic heterocycles. The van der Waals surface area contributed by atoms with Gasteiger partial charge in [0.05, 0.1) is 18.2 Å². The Balaban J connectivity index is 2.08. The summed E-state index contributed by atoms with van der Waals surface area (Å²) < 4.78 is 4.98. The summed E-state index contributed by atoms with van der Waals surface area (Å²) in [6, 6.07) is 3.38. The van der Waals surface area contributed by atoms with Gasteiger partial charge < -0.3 is 4.42 Å². The van der Waals surface area contributed by atoms with Gasteiger partial charge in [0.25, 0.3) is 0 Å². The van der Waals surface area contributed by atoms with Gasteiger partial charge in [0, 0.05) is 11.1 Å². The average Bonchev–Trinajstić information content (AvgIpc) is 2.74. The Kier molecular flexibility index (Phi) is 2.23. The van der Waals surface area contributed by atoms with Crippen molar-refractivity contribution in [2.45, 2.75) is 6.42 Å². The number of hydrogen-bond acceptors (Lipinski definition) is 4. The van der Waals surface area contributed by atoms with Crippen LogP contribution in [-0.2, 0) is 6.42 Å². The van der Waals surface area contributed by atoms with E-state index in [2.05, 4.69) is 4.98 Å². The molecule has 4 heteroatoms. The number of thiazole rings is 1. The van der Waals surface area contributed by atoms with Gasteiger partial charge in [0.2, 0.25) is 5.78 Å². The highest BCUT2D eigenvalue weighted by Crippen LogP contribution is 2.10. The maximum atomic E-state index is 11.5. The van der Waals surface area contributed by atoms with E-state index in [-0.39, 0.29) is 5.78 Å². The smallest absolute Gasteiger partial charge is 0.203 e. The molecule has 0 atom stereocenters. The summed E-state index contributed by atoms with van der Waals surface area (Å²) in [5, 5.41) is 0. The van der Waals surface area contributed by atoms with Crippen molar-refractivity contribution in [3.8, 4) is 0 Å². The Hall–Kier alpha value is -1.42. The Labute approximate surface area is 79.0 Å². The van der Waals surface area contributed by atoms with Crippen LogP contribution in [-0.4, -0.2) is 10.8 Å². The highest BCUT2D eigenvalue weighted by atomic mass is 32.1. The molecule has 2 aromatic heterocycles. The Morgan fingerprint density at radius 1 is 1.62 bits per heavy atom. The molecule has 2 rings (SSSR count). The van der Waals surface area contributed by atoms with Crippen LogP contribution >= 0.6 is 11.3 Å². The van der Waals surface area contributed by atoms with Gasteiger partial charge in [0.1, 0.15) is 0 Å². The number of ketones is 1. The summed E-state index contributed by atoms with van der Waals surface area (Å²) in [5.74, 6) is 0.405. The Morgan fingerprint density at radius 2 is 2.54 bits per heavy atom. The second-order valence-corrected chi connectivity index (χ2v) is 3.52. The zero-order valence-electron chi connectivity index (χ0n) is 6.77. The molecule has 0 bridgehead atoms. The third kappa shape index (κ3) is 1.84. The van der Waals surface area contributed by atoms with E-state index >= 15 is 0 Å². The molecule has 0 unspecified atom stereocenters. The third-order valence-electron chi connectivity index (χ3n) is 1.61. The molecule has 0 aromatic carbocycles. The maximum Gasteiger partial charge on any atom is 0.203 e. The number of rotatable bonds is 3. The molecule has 13 heavy (non-hydrogen) atoms. The van der Waals surface area contributed by atoms with Gasteiger partial charge in [-0.2, -0.15) is 0 Å². The van der Waals surface area contributed by atoms with E-state index in [9.17, 15) is 4.79 Å². The van der Waals surface area contributed by atoms with E-state index in [0.717, 1.165) is 4.88 Å². The molecule has 0 aliphatic carbocycles. The number of aromatic nitrogens is 1. The van der Waals surface area contributed by atoms with E-state index in [1.54, 1.807) is 23.8 Å². The molecule has 2 heterocycles. The predicted molar refractivity (Wildman–Crippen MR) is 48.9 cm³/mol. The van der Waals surface area contributed by atoms with Crippen LogP contribution in [0.3, 0.4) is 0 Å². The predicted octanol–water partition coefficient (Wildman–Crippen LogP) is 2.16. The molecular weight excluding hydrogens is 186 g/mol. The summed E-state index contributed by atoms with van der Waals surface area (Å²) in [4.78, 5) is 16.3. The first-order valence-corrected chi connectivity index (χ1v) is 4.68. The van der Waals surface area contributed by atoms with Crippen LogP contribution in [0.5, 0.6) is 0 Å². The van der Waals surface area contributed by atoms with Gasteiger partial charge in [-0.05, 0) is 12.1 Å². The van der Waals surface area contributed by atoms with Crippen LogP contribution < -0.4 is 0 Å². The van der Waals surface area contributed by atoms with Gasteiger partial charge in [-0.25, -0.2) is 0 Å². The number of nitrogens with zero attached hydrogens (tertiary/aromatic N) is 1. The van der Waals surface area contributed by atoms with Crippen molar-refractivity contribution in [2.24, 2.45) is 0 Å². The molecule has 0 amide bonds. The van der Waals surface area contributed by atoms with E-state index in [1.165, 1.54) is 17.6 Å². The van der Waals surface area contributed by atoms with Crippen molar-refractivity contribution < 1.29 is 9.21 Å². The summed E-state index contributed by atoms with van der Waals surface area (Å²) in [6.07, 6.45) is 3.57. The first kappa shape index (κ1) is 8.19. The fourth-order valence-electron chi connectivity index (χ4n) is 1.01. The number of carbonyl (C=O) groups excluding carboxylic acids is 1. The van der Waals surface area contributed by atoms with Gasteiger partial charge in [0.15, 0.2) is 5.76 Å². The monoisotopic (exact) mass is 193 g/mol. The summed E-state index contributed by atoms with van der Waals surface area (Å²) in [5.41, 5.74) is 1.71. The lowest BCUT2D eigenvalue weighted by atomic mass is 10.2. The minimum absolute atomic E-state index is 0.00532. The SMILES string of the molecule is O=C(Cc1cncs1)c1ccco1. The Morgan fingerprint density at radius 3 is 3.15 bits per heavy atom. The first-order chi connectivity index (χ1) is 6.36. The quantitative estimate of drug-likeness (QED) is 0.701. The van der Waals surface area contributed by atoms with Crippen molar-refractivity contribution in [1.82, 2.24) is 4.98 Å². The lowest BCUT2D eigenvalue weighted by Crippen LogP contribution is -1.99. The molecule has 0 N–H and O–H groups in total. The second kappa shape index (κ2) is 3.53. The number of furan rings is 1. The van der Waals surface area contributed by atoms with E-state index in [4.69, 9.17) is 4.42 Å². The number of Topliss-reactive ketones (excluding diaryl/α,β-unsaturated/α-hetero) is 1. The minimum Gasteiger partial charge on any atom is -0.461 e. The fraction of sp³-hybridized carbons (Fsp3) is 0.111. The van der Waals surface area contributed by atoms with Crippen LogP contribution in [0.4, 0.5) is 0 Å². The zero-order valence-corrected chi connectivity index (χ0v) is 7.58. The molecule has 0 spiro atoms. The van der Waals surface area contributed by atoms with Gasteiger partial charge in [-0.3, -0.25) is 9.78 Å². The fourth-order valence-corrected chi connectivity index (χ4v) is 1.61. The molecule has 2 aromatic rings. The van der Waals surface area contributed by atoms with Crippen LogP contribution in [0.2, 0.25) is 0 Å². The topological polar surface area (TPSA) is 43.1 Å². The molecular formula is C9H7NO2S. The van der Waals surface area contributed by atoms with Crippen molar-refractivity contribution in [2.75, 3.05) is 0 Å². The van der Waals surface area contributed by atoms with Crippen LogP contribution in [0, 0.1) is 0 Å². The van der Waals surface area contributed by atoms with Gasteiger partial charge in [-0.1, -0.05) is 0 Å². The van der Waals surface area contributed by atoms with Crippen molar-refractivity contribution in [3.05, 3.63) is 40.7 Å². The van der Waals surface area contributed by atoms with Gasteiger partial charge in [-0.15, -0.1) is 11.3 Å². The highest BCUT2D eigenvalue weighted by Gasteiger charge is 2.09. The highest BCUT2D eigenvalue weighted by molar-refractivity contribution is 7.09. The first-order valence-electron chi connectivity index (χ1n) is 3.80. The third-order valence-corrected chi connectivity index (χ3v) is 2.39. The molecule has 0 fully saturated rings. The standard InChI is InChI=1S/C9H7NO2S/c11-8(9-2-1-3-12-9)4-7-5-10-6-13-7/h1-3,5-6H,4H2. The summed E-state index contributed by atoms with van der Waals surface area (Å²) in [6.45, 7) is 0. The number of carbonyl (C=O) groups is 1. The van der Waals surface area contributed by atoms with Crippen LogP contribution in [0.1, 0.15) is 15.4 Å². The van der Waals surface area contributed by atoms with Crippen molar-refractivity contribution in [3.63, 3.8) is 0 Å². The molecule has 0 aliphatic rings. The molecule has 66 valence electrons. The second-order valence-electron chi connectivity index (χ2n) is 2.54. The average molecular weight is 193 g/mol. The lowest BCUT2D eigenvalue weighted by Gasteiger charge is -1.92. The lowest BCUT2D eigenvalue weighted by molar-refractivity contribution is 0.0967. The minimum atomic E-state index is -0.00532. The number of hydrogen-bond donors (Lipinski definition) is 0. The zero-order chi connectivity index (χ0) is 9.10. The van der Waals surface area contributed by atoms with Gasteiger partial charge >= 0.3 is 0 Å². The van der Waals surface area contributed by atoms with Crippen LogP contribution in [0.15, 0.2) is 34.5 Å². The normalized spacial score (nSPS) is 10.2. The Bertz CT molecular complexity index is 378. The van der Waals surface area contributed by atoms with Crippen LogP contribution in [0.25, 0.3) is 0 Å². The molecule has 0 saturated heterocycles. The van der Waals surface area contributed by atoms with E-state index in [0.29, 0.717) is 12.2 Å². The largest absolute Gasteiger partial charge is 0.461 e. The van der Waals surface area contributed by atoms with E-state index < -0.39 is 0 Å². The molecule has 0 saturated carbocycles. The van der Waals surface area contributed by atoms with Crippen molar-refractivity contribution >= 4 is 17.1 Å². The van der Waals surface area contributed by atoms with E-state index in [1.807, 2.05) is 0 Å². The molecule has 3 nitrogen and oxygen atoms in total.